The van der Waals surface area contributed by atoms with Gasteiger partial charge in [-0.2, -0.15) is 10.5 Å². The van der Waals surface area contributed by atoms with E-state index in [1.807, 2.05) is 18.9 Å². The molecule has 2 rings (SSSR count). The van der Waals surface area contributed by atoms with Gasteiger partial charge in [0.05, 0.1) is 23.3 Å². The number of carbonyl (C=O) groups is 1. The summed E-state index contributed by atoms with van der Waals surface area (Å²) in [6.45, 7) is 2.00. The van der Waals surface area contributed by atoms with E-state index in [1.165, 1.54) is 0 Å². The molecule has 0 aliphatic carbocycles. The van der Waals surface area contributed by atoms with Crippen molar-refractivity contribution in [3.05, 3.63) is 60.2 Å². The topological polar surface area (TPSA) is 90.4 Å². The first-order valence-electron chi connectivity index (χ1n) is 4.76. The zero-order valence-corrected chi connectivity index (χ0v) is 9.52. The molecule has 0 amide bonds. The van der Waals surface area contributed by atoms with E-state index in [4.69, 9.17) is 15.3 Å². The summed E-state index contributed by atoms with van der Waals surface area (Å²) in [7, 11) is 0. The second-order valence-electron chi connectivity index (χ2n) is 2.70. The van der Waals surface area contributed by atoms with Crippen molar-refractivity contribution in [3.8, 4) is 12.1 Å². The van der Waals surface area contributed by atoms with E-state index in [1.54, 1.807) is 49.1 Å². The highest BCUT2D eigenvalue weighted by Gasteiger charge is 1.81. The number of nitrogens with zero attached hydrogens (tertiary/aromatic N) is 4. The van der Waals surface area contributed by atoms with Crippen molar-refractivity contribution in [2.24, 2.45) is 0 Å². The number of hydrogen-bond acceptors (Lipinski definition) is 5. The highest BCUT2D eigenvalue weighted by molar-refractivity contribution is 5.25. The molecule has 2 aromatic heterocycles. The van der Waals surface area contributed by atoms with Crippen molar-refractivity contribution in [2.45, 2.75) is 0 Å². The molecule has 0 unspecified atom stereocenters. The van der Waals surface area contributed by atoms with E-state index in [2.05, 4.69) is 9.97 Å². The third-order valence-corrected chi connectivity index (χ3v) is 1.62. The first-order chi connectivity index (χ1) is 8.86. The van der Waals surface area contributed by atoms with Gasteiger partial charge in [-0.25, -0.2) is 0 Å². The maximum atomic E-state index is 8.26. The molecule has 0 aliphatic heterocycles. The summed E-state index contributed by atoms with van der Waals surface area (Å²) in [5.41, 5.74) is 1.31. The van der Waals surface area contributed by atoms with Gasteiger partial charge < -0.3 is 4.79 Å². The molecule has 5 nitrogen and oxygen atoms in total. The first-order valence-corrected chi connectivity index (χ1v) is 4.76. The smallest absolute Gasteiger partial charge is 0.106 e. The predicted octanol–water partition coefficient (Wildman–Crippen LogP) is 1.72. The number of rotatable bonds is 0. The molecule has 0 radical (unpaired) electrons. The Labute approximate surface area is 105 Å². The maximum Gasteiger partial charge on any atom is 0.106 e. The van der Waals surface area contributed by atoms with Crippen molar-refractivity contribution < 1.29 is 4.79 Å². The molecule has 88 valence electrons. The minimum absolute atomic E-state index is 0.653. The number of hydrogen-bond donors (Lipinski definition) is 0. The molecule has 0 fully saturated rings. The minimum atomic E-state index is 0.653. The molecule has 0 aromatic carbocycles. The summed E-state index contributed by atoms with van der Waals surface area (Å²) in [4.78, 5) is 15.5. The minimum Gasteiger partial charge on any atom is -0.307 e. The van der Waals surface area contributed by atoms with Crippen LogP contribution in [0, 0.1) is 22.7 Å². The highest BCUT2D eigenvalue weighted by Crippen LogP contribution is 1.90. The molecule has 0 saturated carbocycles. The van der Waals surface area contributed by atoms with Crippen molar-refractivity contribution in [1.29, 1.82) is 10.5 Å². The van der Waals surface area contributed by atoms with E-state index in [0.29, 0.717) is 11.1 Å². The fraction of sp³-hybridized carbons (Fsp3) is 0. The lowest BCUT2D eigenvalue weighted by molar-refractivity contribution is -0.0979. The van der Waals surface area contributed by atoms with Gasteiger partial charge in [0.25, 0.3) is 0 Å². The van der Waals surface area contributed by atoms with Crippen LogP contribution in [0.3, 0.4) is 0 Å². The van der Waals surface area contributed by atoms with Crippen LogP contribution in [0.1, 0.15) is 11.1 Å². The van der Waals surface area contributed by atoms with E-state index in [-0.39, 0.29) is 0 Å². The van der Waals surface area contributed by atoms with Crippen LogP contribution in [0.25, 0.3) is 0 Å². The molecule has 18 heavy (non-hydrogen) atoms. The van der Waals surface area contributed by atoms with Gasteiger partial charge in [-0.05, 0) is 24.3 Å². The summed E-state index contributed by atoms with van der Waals surface area (Å²) in [5, 5.41) is 16.5. The van der Waals surface area contributed by atoms with Gasteiger partial charge in [-0.15, -0.1) is 0 Å². The fourth-order valence-corrected chi connectivity index (χ4v) is 0.853. The van der Waals surface area contributed by atoms with E-state index >= 15 is 0 Å². The number of pyridine rings is 2. The Bertz CT molecular complexity index is 465. The van der Waals surface area contributed by atoms with E-state index < -0.39 is 0 Å². The number of carbonyl (C=O) groups excluding carboxylic acids is 1. The molecule has 2 aromatic rings. The lowest BCUT2D eigenvalue weighted by atomic mass is 10.3. The molecule has 0 N–H and O–H groups in total. The number of aromatic nitrogens is 2. The van der Waals surface area contributed by atoms with Gasteiger partial charge in [0.15, 0.2) is 0 Å². The van der Waals surface area contributed by atoms with E-state index in [9.17, 15) is 0 Å². The van der Waals surface area contributed by atoms with Crippen LogP contribution in [-0.4, -0.2) is 16.8 Å². The lowest BCUT2D eigenvalue weighted by Crippen LogP contribution is -1.71. The summed E-state index contributed by atoms with van der Waals surface area (Å²) >= 11 is 0. The van der Waals surface area contributed by atoms with Gasteiger partial charge >= 0.3 is 0 Å². The maximum absolute atomic E-state index is 8.26. The summed E-state index contributed by atoms with van der Waals surface area (Å²) < 4.78 is 0. The Balaban J connectivity index is 0.000000283. The molecule has 0 spiro atoms. The van der Waals surface area contributed by atoms with Crippen molar-refractivity contribution >= 4 is 6.79 Å². The molecule has 0 atom stereocenters. The fourth-order valence-electron chi connectivity index (χ4n) is 0.853. The third-order valence-electron chi connectivity index (χ3n) is 1.62. The third kappa shape index (κ3) is 6.44. The van der Waals surface area contributed by atoms with Crippen LogP contribution in [-0.2, 0) is 4.79 Å². The summed E-state index contributed by atoms with van der Waals surface area (Å²) in [5.74, 6) is 0. The predicted molar refractivity (Wildman–Crippen MR) is 65.0 cm³/mol. The molecule has 0 saturated heterocycles. The van der Waals surface area contributed by atoms with Crippen LogP contribution in [0.2, 0.25) is 0 Å². The monoisotopic (exact) mass is 238 g/mol. The van der Waals surface area contributed by atoms with Gasteiger partial charge in [0, 0.05) is 24.8 Å². The normalized spacial score (nSPS) is 7.22. The molecule has 5 heteroatoms. The molecule has 2 heterocycles. The zero-order valence-electron chi connectivity index (χ0n) is 9.52. The highest BCUT2D eigenvalue weighted by atomic mass is 16.1. The Hall–Kier alpha value is -3.05. The average molecular weight is 238 g/mol. The van der Waals surface area contributed by atoms with Crippen LogP contribution in [0.15, 0.2) is 49.1 Å². The summed E-state index contributed by atoms with van der Waals surface area (Å²) in [6.07, 6.45) is 6.38. The Kier molecular flexibility index (Phi) is 8.69. The quantitative estimate of drug-likeness (QED) is 0.697. The Morgan fingerprint density at radius 1 is 0.778 bits per heavy atom. The zero-order chi connectivity index (χ0) is 13.6. The summed E-state index contributed by atoms with van der Waals surface area (Å²) in [6, 6.07) is 10.6. The molecular formula is C13H10N4O. The van der Waals surface area contributed by atoms with Crippen LogP contribution >= 0.6 is 0 Å². The van der Waals surface area contributed by atoms with Gasteiger partial charge in [-0.1, -0.05) is 0 Å². The largest absolute Gasteiger partial charge is 0.307 e. The second-order valence-corrected chi connectivity index (χ2v) is 2.70. The second kappa shape index (κ2) is 10.5. The van der Waals surface area contributed by atoms with Crippen molar-refractivity contribution in [3.63, 3.8) is 0 Å². The van der Waals surface area contributed by atoms with Crippen molar-refractivity contribution in [2.75, 3.05) is 0 Å². The van der Waals surface area contributed by atoms with Crippen LogP contribution < -0.4 is 0 Å². The van der Waals surface area contributed by atoms with Gasteiger partial charge in [-0.3, -0.25) is 9.97 Å². The average Bonchev–Trinajstić information content (AvgIpc) is 2.51. The SMILES string of the molecule is C=O.N#Cc1ccncc1.N#Cc1ccncc1. The van der Waals surface area contributed by atoms with Crippen LogP contribution in [0.4, 0.5) is 0 Å². The van der Waals surface area contributed by atoms with Gasteiger partial charge in [0.2, 0.25) is 0 Å². The Morgan fingerprint density at radius 3 is 1.22 bits per heavy atom. The van der Waals surface area contributed by atoms with Crippen LogP contribution in [0.5, 0.6) is 0 Å². The first kappa shape index (κ1) is 14.9. The van der Waals surface area contributed by atoms with Gasteiger partial charge in [0.1, 0.15) is 6.79 Å². The number of nitriles is 2. The Morgan fingerprint density at radius 2 is 1.06 bits per heavy atom. The molecular weight excluding hydrogens is 228 g/mol. The molecule has 0 bridgehead atoms. The standard InChI is InChI=1S/2C6H4N2.CH2O/c2*7-5-6-1-3-8-4-2-6;1-2/h2*1-4H;1H2. The van der Waals surface area contributed by atoms with Crippen molar-refractivity contribution in [1.82, 2.24) is 9.97 Å². The lowest BCUT2D eigenvalue weighted by Gasteiger charge is -1.79. The van der Waals surface area contributed by atoms with E-state index in [0.717, 1.165) is 0 Å². The molecule has 0 aliphatic rings.